The monoisotopic (exact) mass is 366 g/mol. The molecule has 0 saturated carbocycles. The number of methoxy groups -OCH3 is 1. The molecule has 4 aromatic rings. The number of rotatable bonds is 5. The molecule has 1 heterocycles. The number of aromatic nitrogens is 1. The highest BCUT2D eigenvalue weighted by molar-refractivity contribution is 5.82. The van der Waals surface area contributed by atoms with E-state index < -0.39 is 0 Å². The van der Waals surface area contributed by atoms with Crippen molar-refractivity contribution in [2.45, 2.75) is 6.92 Å². The summed E-state index contributed by atoms with van der Waals surface area (Å²) in [6, 6.07) is 28.8. The van der Waals surface area contributed by atoms with Crippen LogP contribution in [0.2, 0.25) is 0 Å². The number of hydrogen-bond acceptors (Lipinski definition) is 2. The molecule has 3 nitrogen and oxygen atoms in total. The van der Waals surface area contributed by atoms with Gasteiger partial charge in [0.05, 0.1) is 12.8 Å². The third-order valence-corrected chi connectivity index (χ3v) is 4.72. The van der Waals surface area contributed by atoms with Gasteiger partial charge in [0, 0.05) is 29.4 Å². The number of aryl methyl sites for hydroxylation is 1. The minimum Gasteiger partial charge on any atom is -0.497 e. The molecule has 0 aliphatic carbocycles. The number of aliphatic imine (C=N–C) groups is 1. The van der Waals surface area contributed by atoms with E-state index >= 15 is 0 Å². The summed E-state index contributed by atoms with van der Waals surface area (Å²) in [5.41, 5.74) is 6.68. The molecule has 138 valence electrons. The third-order valence-electron chi connectivity index (χ3n) is 4.72. The highest BCUT2D eigenvalue weighted by Crippen LogP contribution is 2.23. The first-order chi connectivity index (χ1) is 13.7. The van der Waals surface area contributed by atoms with E-state index in [1.54, 1.807) is 7.11 Å². The van der Waals surface area contributed by atoms with Crippen molar-refractivity contribution in [3.05, 3.63) is 102 Å². The Kier molecular flexibility index (Phi) is 5.07. The zero-order chi connectivity index (χ0) is 19.3. The van der Waals surface area contributed by atoms with Crippen LogP contribution in [0, 0.1) is 6.92 Å². The molecular formula is C25H22N2O. The maximum atomic E-state index is 5.23. The fourth-order valence-corrected chi connectivity index (χ4v) is 3.21. The van der Waals surface area contributed by atoms with Gasteiger partial charge < -0.3 is 9.30 Å². The number of benzene rings is 3. The summed E-state index contributed by atoms with van der Waals surface area (Å²) >= 11 is 0. The number of hydrogen-bond donors (Lipinski definition) is 0. The molecule has 0 atom stereocenters. The van der Waals surface area contributed by atoms with Crippen LogP contribution in [0.4, 0.5) is 5.69 Å². The molecule has 28 heavy (non-hydrogen) atoms. The number of nitrogens with zero attached hydrogens (tertiary/aromatic N) is 2. The van der Waals surface area contributed by atoms with Crippen molar-refractivity contribution < 1.29 is 4.74 Å². The summed E-state index contributed by atoms with van der Waals surface area (Å²) in [6.07, 6.45) is 4.00. The van der Waals surface area contributed by atoms with Gasteiger partial charge in [0.15, 0.2) is 0 Å². The summed E-state index contributed by atoms with van der Waals surface area (Å²) in [7, 11) is 1.68. The molecule has 0 unspecified atom stereocenters. The van der Waals surface area contributed by atoms with Gasteiger partial charge in [-0.25, -0.2) is 0 Å². The van der Waals surface area contributed by atoms with Gasteiger partial charge in [-0.15, -0.1) is 0 Å². The second-order valence-corrected chi connectivity index (χ2v) is 6.65. The second-order valence-electron chi connectivity index (χ2n) is 6.65. The zero-order valence-electron chi connectivity index (χ0n) is 16.0. The average Bonchev–Trinajstić information content (AvgIpc) is 3.14. The lowest BCUT2D eigenvalue weighted by Gasteiger charge is -2.06. The first-order valence-corrected chi connectivity index (χ1v) is 9.26. The summed E-state index contributed by atoms with van der Waals surface area (Å²) in [5, 5.41) is 0. The fraction of sp³-hybridized carbons (Fsp3) is 0.0800. The maximum absolute atomic E-state index is 5.23. The van der Waals surface area contributed by atoms with Crippen molar-refractivity contribution in [2.75, 3.05) is 7.11 Å². The van der Waals surface area contributed by atoms with Crippen LogP contribution >= 0.6 is 0 Å². The molecular weight excluding hydrogens is 344 g/mol. The van der Waals surface area contributed by atoms with Gasteiger partial charge >= 0.3 is 0 Å². The summed E-state index contributed by atoms with van der Waals surface area (Å²) in [5.74, 6) is 0.856. The predicted molar refractivity (Wildman–Crippen MR) is 116 cm³/mol. The third kappa shape index (κ3) is 3.89. The SMILES string of the molecule is COc1ccc(-n2cc(C=Nc3ccc(-c4ccccc4)cc3)cc2C)cc1. The van der Waals surface area contributed by atoms with Crippen molar-refractivity contribution in [1.29, 1.82) is 0 Å². The molecule has 3 heteroatoms. The van der Waals surface area contributed by atoms with Crippen molar-refractivity contribution in [3.63, 3.8) is 0 Å². The minimum atomic E-state index is 0.856. The van der Waals surface area contributed by atoms with Crippen LogP contribution < -0.4 is 4.74 Å². The Bertz CT molecular complexity index is 1080. The van der Waals surface area contributed by atoms with Crippen LogP contribution in [0.5, 0.6) is 5.75 Å². The summed E-state index contributed by atoms with van der Waals surface area (Å²) in [4.78, 5) is 4.63. The van der Waals surface area contributed by atoms with Gasteiger partial charge in [-0.05, 0) is 60.5 Å². The maximum Gasteiger partial charge on any atom is 0.119 e. The highest BCUT2D eigenvalue weighted by atomic mass is 16.5. The normalized spacial score (nSPS) is 11.1. The van der Waals surface area contributed by atoms with Gasteiger partial charge in [0.1, 0.15) is 5.75 Å². The van der Waals surface area contributed by atoms with Crippen molar-refractivity contribution >= 4 is 11.9 Å². The Labute approximate surface area is 165 Å². The summed E-state index contributed by atoms with van der Waals surface area (Å²) in [6.45, 7) is 2.09. The van der Waals surface area contributed by atoms with Crippen LogP contribution in [0.3, 0.4) is 0 Å². The highest BCUT2D eigenvalue weighted by Gasteiger charge is 2.04. The molecule has 1 aromatic heterocycles. The minimum absolute atomic E-state index is 0.856. The molecule has 0 spiro atoms. The Balaban J connectivity index is 1.52. The van der Waals surface area contributed by atoms with E-state index in [1.165, 1.54) is 11.1 Å². The van der Waals surface area contributed by atoms with Crippen LogP contribution in [-0.2, 0) is 0 Å². The van der Waals surface area contributed by atoms with E-state index in [-0.39, 0.29) is 0 Å². The van der Waals surface area contributed by atoms with Gasteiger partial charge in [0.2, 0.25) is 0 Å². The van der Waals surface area contributed by atoms with Crippen LogP contribution in [-0.4, -0.2) is 17.9 Å². The van der Waals surface area contributed by atoms with Crippen molar-refractivity contribution in [1.82, 2.24) is 4.57 Å². The average molecular weight is 366 g/mol. The number of ether oxygens (including phenoxy) is 1. The van der Waals surface area contributed by atoms with E-state index in [1.807, 2.05) is 36.5 Å². The smallest absolute Gasteiger partial charge is 0.119 e. The molecule has 0 bridgehead atoms. The first kappa shape index (κ1) is 17.8. The van der Waals surface area contributed by atoms with Crippen LogP contribution in [0.25, 0.3) is 16.8 Å². The molecule has 0 amide bonds. The van der Waals surface area contributed by atoms with Crippen LogP contribution in [0.1, 0.15) is 11.3 Å². The van der Waals surface area contributed by atoms with Gasteiger partial charge in [-0.2, -0.15) is 0 Å². The summed E-state index contributed by atoms with van der Waals surface area (Å²) < 4.78 is 7.39. The first-order valence-electron chi connectivity index (χ1n) is 9.26. The lowest BCUT2D eigenvalue weighted by molar-refractivity contribution is 0.414. The molecule has 3 aromatic carbocycles. The molecule has 4 rings (SSSR count). The molecule has 0 aliphatic rings. The van der Waals surface area contributed by atoms with E-state index in [0.29, 0.717) is 0 Å². The Morgan fingerprint density at radius 1 is 0.821 bits per heavy atom. The molecule has 0 saturated heterocycles. The fourth-order valence-electron chi connectivity index (χ4n) is 3.21. The molecule has 0 aliphatic heterocycles. The zero-order valence-corrected chi connectivity index (χ0v) is 16.0. The van der Waals surface area contributed by atoms with Gasteiger partial charge in [0.25, 0.3) is 0 Å². The topological polar surface area (TPSA) is 26.5 Å². The molecule has 0 radical (unpaired) electrons. The quantitative estimate of drug-likeness (QED) is 0.386. The molecule has 0 fully saturated rings. The van der Waals surface area contributed by atoms with Gasteiger partial charge in [-0.1, -0.05) is 42.5 Å². The Morgan fingerprint density at radius 2 is 1.50 bits per heavy atom. The van der Waals surface area contributed by atoms with Crippen LogP contribution in [0.15, 0.2) is 96.1 Å². The van der Waals surface area contributed by atoms with Gasteiger partial charge in [-0.3, -0.25) is 4.99 Å². The van der Waals surface area contributed by atoms with Crippen molar-refractivity contribution in [3.8, 4) is 22.6 Å². The standard InChI is InChI=1S/C25H22N2O/c1-19-16-20(18-27(19)24-12-14-25(28-2)15-13-24)17-26-23-10-8-22(9-11-23)21-6-4-3-5-7-21/h3-18H,1-2H3. The van der Waals surface area contributed by atoms with E-state index in [0.717, 1.165) is 28.4 Å². The Hall–Kier alpha value is -3.59. The van der Waals surface area contributed by atoms with E-state index in [2.05, 4.69) is 77.3 Å². The van der Waals surface area contributed by atoms with Crippen molar-refractivity contribution in [2.24, 2.45) is 4.99 Å². The lowest BCUT2D eigenvalue weighted by atomic mass is 10.1. The van der Waals surface area contributed by atoms with E-state index in [4.69, 9.17) is 4.74 Å². The molecule has 0 N–H and O–H groups in total. The Morgan fingerprint density at radius 3 is 2.18 bits per heavy atom. The lowest BCUT2D eigenvalue weighted by Crippen LogP contribution is -1.94. The largest absolute Gasteiger partial charge is 0.497 e. The van der Waals surface area contributed by atoms with E-state index in [9.17, 15) is 0 Å². The second kappa shape index (κ2) is 7.97. The predicted octanol–water partition coefficient (Wildman–Crippen LogP) is 6.21.